The van der Waals surface area contributed by atoms with Crippen molar-refractivity contribution < 1.29 is 19.4 Å². The number of hydrogen-bond acceptors (Lipinski definition) is 5. The van der Waals surface area contributed by atoms with Gasteiger partial charge in [0.15, 0.2) is 0 Å². The number of ether oxygens (including phenoxy) is 1. The number of aliphatic hydroxyl groups is 1. The summed E-state index contributed by atoms with van der Waals surface area (Å²) in [5, 5.41) is 11.0. The van der Waals surface area contributed by atoms with Gasteiger partial charge in [-0.15, -0.1) is 0 Å². The number of pyridine rings is 1. The standard InChI is InChI=1S/C23H24N2O4/c1-29-18-10-6-5-9-17(18)20-19(21(26)15-11-13-24-14-12-15)22(27)23(28)25(20)16-7-3-2-4-8-16/h5-6,9-14,16,20,26H,2-4,7-8H2,1H3/b21-19-. The number of aromatic nitrogens is 1. The minimum Gasteiger partial charge on any atom is -0.507 e. The van der Waals surface area contributed by atoms with Crippen LogP contribution in [0.1, 0.15) is 49.3 Å². The Hall–Kier alpha value is -3.15. The normalized spacial score (nSPS) is 22.1. The first-order valence-corrected chi connectivity index (χ1v) is 9.97. The number of amides is 1. The summed E-state index contributed by atoms with van der Waals surface area (Å²) in [6.45, 7) is 0. The van der Waals surface area contributed by atoms with Gasteiger partial charge in [0.05, 0.1) is 18.7 Å². The molecule has 6 nitrogen and oxygen atoms in total. The molecule has 1 amide bonds. The molecule has 1 unspecified atom stereocenters. The van der Waals surface area contributed by atoms with Gasteiger partial charge in [0.1, 0.15) is 11.5 Å². The van der Waals surface area contributed by atoms with Crippen molar-refractivity contribution in [3.05, 3.63) is 65.5 Å². The molecule has 0 radical (unpaired) electrons. The van der Waals surface area contributed by atoms with Gasteiger partial charge in [-0.1, -0.05) is 37.5 Å². The number of rotatable bonds is 4. The number of likely N-dealkylation sites (tertiary alicyclic amines) is 1. The number of carbonyl (C=O) groups is 2. The summed E-state index contributed by atoms with van der Waals surface area (Å²) in [5.41, 5.74) is 1.27. The predicted molar refractivity (Wildman–Crippen MR) is 108 cm³/mol. The van der Waals surface area contributed by atoms with Crippen molar-refractivity contribution in [2.24, 2.45) is 0 Å². The Morgan fingerprint density at radius 1 is 1.07 bits per heavy atom. The molecule has 1 saturated heterocycles. The summed E-state index contributed by atoms with van der Waals surface area (Å²) in [5.74, 6) is -0.801. The highest BCUT2D eigenvalue weighted by Crippen LogP contribution is 2.45. The van der Waals surface area contributed by atoms with E-state index in [1.54, 1.807) is 36.5 Å². The molecule has 29 heavy (non-hydrogen) atoms. The number of benzene rings is 1. The zero-order valence-electron chi connectivity index (χ0n) is 16.4. The molecule has 150 valence electrons. The number of nitrogens with zero attached hydrogens (tertiary/aromatic N) is 2. The lowest BCUT2D eigenvalue weighted by Crippen LogP contribution is -2.40. The van der Waals surface area contributed by atoms with Gasteiger partial charge in [-0.05, 0) is 31.0 Å². The predicted octanol–water partition coefficient (Wildman–Crippen LogP) is 3.84. The van der Waals surface area contributed by atoms with E-state index in [1.807, 2.05) is 24.3 Å². The second-order valence-electron chi connectivity index (χ2n) is 7.48. The molecule has 0 bridgehead atoms. The summed E-state index contributed by atoms with van der Waals surface area (Å²) in [4.78, 5) is 31.8. The van der Waals surface area contributed by atoms with Gasteiger partial charge in [-0.3, -0.25) is 14.6 Å². The number of aliphatic hydroxyl groups excluding tert-OH is 1. The first-order chi connectivity index (χ1) is 14.1. The highest BCUT2D eigenvalue weighted by molar-refractivity contribution is 6.46. The third-order valence-corrected chi connectivity index (χ3v) is 5.84. The van der Waals surface area contributed by atoms with Crippen LogP contribution >= 0.6 is 0 Å². The molecule has 1 N–H and O–H groups in total. The highest BCUT2D eigenvalue weighted by Gasteiger charge is 2.49. The second kappa shape index (κ2) is 8.07. The number of para-hydroxylation sites is 1. The van der Waals surface area contributed by atoms with Crippen molar-refractivity contribution in [1.82, 2.24) is 9.88 Å². The van der Waals surface area contributed by atoms with E-state index < -0.39 is 17.7 Å². The molecule has 1 aromatic carbocycles. The monoisotopic (exact) mass is 392 g/mol. The molecule has 1 saturated carbocycles. The van der Waals surface area contributed by atoms with Gasteiger partial charge < -0.3 is 14.7 Å². The summed E-state index contributed by atoms with van der Waals surface area (Å²) in [7, 11) is 1.56. The fourth-order valence-corrected chi connectivity index (χ4v) is 4.45. The van der Waals surface area contributed by atoms with E-state index in [9.17, 15) is 14.7 Å². The molecule has 6 heteroatoms. The maximum Gasteiger partial charge on any atom is 0.295 e. The first-order valence-electron chi connectivity index (χ1n) is 9.97. The Balaban J connectivity index is 1.91. The molecule has 0 spiro atoms. The molecule has 1 atom stereocenters. The van der Waals surface area contributed by atoms with Gasteiger partial charge in [0.25, 0.3) is 11.7 Å². The molecular formula is C23H24N2O4. The van der Waals surface area contributed by atoms with E-state index in [-0.39, 0.29) is 17.4 Å². The summed E-state index contributed by atoms with van der Waals surface area (Å²) >= 11 is 0. The summed E-state index contributed by atoms with van der Waals surface area (Å²) in [6, 6.07) is 9.91. The van der Waals surface area contributed by atoms with Crippen molar-refractivity contribution in [2.75, 3.05) is 7.11 Å². The Kier molecular flexibility index (Phi) is 5.34. The summed E-state index contributed by atoms with van der Waals surface area (Å²) in [6.07, 6.45) is 7.99. The van der Waals surface area contributed by atoms with Crippen LogP contribution < -0.4 is 4.74 Å². The lowest BCUT2D eigenvalue weighted by Gasteiger charge is -2.35. The van der Waals surface area contributed by atoms with Crippen LogP contribution in [-0.2, 0) is 9.59 Å². The van der Waals surface area contributed by atoms with Crippen molar-refractivity contribution >= 4 is 17.4 Å². The van der Waals surface area contributed by atoms with Crippen LogP contribution in [0, 0.1) is 0 Å². The van der Waals surface area contributed by atoms with Crippen molar-refractivity contribution in [3.63, 3.8) is 0 Å². The quantitative estimate of drug-likeness (QED) is 0.486. The fourth-order valence-electron chi connectivity index (χ4n) is 4.45. The maximum atomic E-state index is 13.1. The first kappa shape index (κ1) is 19.2. The lowest BCUT2D eigenvalue weighted by molar-refractivity contribution is -0.141. The van der Waals surface area contributed by atoms with Crippen molar-refractivity contribution in [3.8, 4) is 5.75 Å². The topological polar surface area (TPSA) is 79.7 Å². The molecule has 2 aromatic rings. The fraction of sp³-hybridized carbons (Fsp3) is 0.348. The maximum absolute atomic E-state index is 13.1. The Morgan fingerprint density at radius 2 is 1.76 bits per heavy atom. The van der Waals surface area contributed by atoms with E-state index in [0.29, 0.717) is 16.9 Å². The van der Waals surface area contributed by atoms with Gasteiger partial charge in [-0.2, -0.15) is 0 Å². The minimum atomic E-state index is -0.678. The zero-order valence-corrected chi connectivity index (χ0v) is 16.4. The van der Waals surface area contributed by atoms with Crippen molar-refractivity contribution in [2.45, 2.75) is 44.2 Å². The molecule has 2 aliphatic rings. The number of ketones is 1. The average Bonchev–Trinajstić information content (AvgIpc) is 3.05. The van der Waals surface area contributed by atoms with Gasteiger partial charge in [-0.25, -0.2) is 0 Å². The van der Waals surface area contributed by atoms with Crippen LogP contribution in [0.2, 0.25) is 0 Å². The van der Waals surface area contributed by atoms with E-state index >= 15 is 0 Å². The molecule has 2 heterocycles. The molecule has 1 aliphatic carbocycles. The van der Waals surface area contributed by atoms with Crippen LogP contribution in [0.15, 0.2) is 54.4 Å². The largest absolute Gasteiger partial charge is 0.507 e. The minimum absolute atomic E-state index is 0.0298. The van der Waals surface area contributed by atoms with E-state index in [1.165, 1.54) is 0 Å². The van der Waals surface area contributed by atoms with Crippen molar-refractivity contribution in [1.29, 1.82) is 0 Å². The lowest BCUT2D eigenvalue weighted by atomic mass is 9.90. The van der Waals surface area contributed by atoms with Gasteiger partial charge in [0, 0.05) is 29.6 Å². The number of methoxy groups -OCH3 is 1. The van der Waals surface area contributed by atoms with Gasteiger partial charge >= 0.3 is 0 Å². The number of hydrogen-bond donors (Lipinski definition) is 1. The Bertz CT molecular complexity index is 948. The van der Waals surface area contributed by atoms with E-state index in [0.717, 1.165) is 32.1 Å². The average molecular weight is 392 g/mol. The smallest absolute Gasteiger partial charge is 0.295 e. The molecule has 2 fully saturated rings. The van der Waals surface area contributed by atoms with Crippen LogP contribution in [0.25, 0.3) is 5.76 Å². The number of carbonyl (C=O) groups excluding carboxylic acids is 2. The molecular weight excluding hydrogens is 368 g/mol. The van der Waals surface area contributed by atoms with Crippen LogP contribution in [0.4, 0.5) is 0 Å². The zero-order chi connectivity index (χ0) is 20.4. The Morgan fingerprint density at radius 3 is 2.45 bits per heavy atom. The van der Waals surface area contributed by atoms with E-state index in [2.05, 4.69) is 4.98 Å². The third kappa shape index (κ3) is 3.39. The highest BCUT2D eigenvalue weighted by atomic mass is 16.5. The molecule has 4 rings (SSSR count). The van der Waals surface area contributed by atoms with Crippen LogP contribution in [-0.4, -0.2) is 39.8 Å². The number of Topliss-reactive ketones (excluding diaryl/α,β-unsaturated/α-hetero) is 1. The molecule has 1 aromatic heterocycles. The van der Waals surface area contributed by atoms with Crippen LogP contribution in [0.5, 0.6) is 5.75 Å². The molecule has 1 aliphatic heterocycles. The van der Waals surface area contributed by atoms with Crippen LogP contribution in [0.3, 0.4) is 0 Å². The van der Waals surface area contributed by atoms with E-state index in [4.69, 9.17) is 4.74 Å². The SMILES string of the molecule is COc1ccccc1C1/C(=C(/O)c2ccncc2)C(=O)C(=O)N1C1CCCCC1. The summed E-state index contributed by atoms with van der Waals surface area (Å²) < 4.78 is 5.53. The van der Waals surface area contributed by atoms with Gasteiger partial charge in [0.2, 0.25) is 0 Å². The second-order valence-corrected chi connectivity index (χ2v) is 7.48. The third-order valence-electron chi connectivity index (χ3n) is 5.84. The Labute approximate surface area is 169 Å².